The smallest absolute Gasteiger partial charge is 0.119 e. The van der Waals surface area contributed by atoms with Crippen LogP contribution in [0.3, 0.4) is 0 Å². The number of nitrogens with zero attached hydrogens (tertiary/aromatic N) is 2. The van der Waals surface area contributed by atoms with Gasteiger partial charge in [-0.15, -0.1) is 0 Å². The van der Waals surface area contributed by atoms with Crippen molar-refractivity contribution >= 4 is 17.2 Å². The van der Waals surface area contributed by atoms with Crippen molar-refractivity contribution in [1.29, 1.82) is 0 Å². The molecule has 104 valence electrons. The molecule has 0 spiro atoms. The van der Waals surface area contributed by atoms with Crippen LogP contribution in [0.4, 0.5) is 0 Å². The van der Waals surface area contributed by atoms with Crippen LogP contribution in [-0.4, -0.2) is 55.1 Å². The van der Waals surface area contributed by atoms with Crippen molar-refractivity contribution in [3.05, 3.63) is 29.8 Å². The number of methoxy groups -OCH3 is 1. The van der Waals surface area contributed by atoms with E-state index in [4.69, 9.17) is 22.7 Å². The SMILES string of the molecule is COc1cccc(C(C(N)=S)N2CCN(C)CC2)c1. The number of thiocarbonyl (C=S) groups is 1. The van der Waals surface area contributed by atoms with Crippen molar-refractivity contribution in [3.8, 4) is 5.75 Å². The van der Waals surface area contributed by atoms with Crippen LogP contribution in [0.25, 0.3) is 0 Å². The minimum atomic E-state index is -0.00111. The lowest BCUT2D eigenvalue weighted by Crippen LogP contribution is -2.48. The Labute approximate surface area is 120 Å². The van der Waals surface area contributed by atoms with E-state index in [1.807, 2.05) is 18.2 Å². The van der Waals surface area contributed by atoms with Gasteiger partial charge in [-0.25, -0.2) is 0 Å². The number of benzene rings is 1. The van der Waals surface area contributed by atoms with Gasteiger partial charge in [0.05, 0.1) is 18.1 Å². The van der Waals surface area contributed by atoms with Gasteiger partial charge in [0.1, 0.15) is 5.75 Å². The fourth-order valence-corrected chi connectivity index (χ4v) is 2.73. The molecule has 5 heteroatoms. The molecule has 2 rings (SSSR count). The molecule has 1 aliphatic rings. The van der Waals surface area contributed by atoms with E-state index in [0.29, 0.717) is 4.99 Å². The Kier molecular flexibility index (Phi) is 4.74. The summed E-state index contributed by atoms with van der Waals surface area (Å²) in [5.74, 6) is 0.841. The quantitative estimate of drug-likeness (QED) is 0.841. The van der Waals surface area contributed by atoms with Gasteiger partial charge in [-0.2, -0.15) is 0 Å². The van der Waals surface area contributed by atoms with Gasteiger partial charge in [0.15, 0.2) is 0 Å². The zero-order valence-electron chi connectivity index (χ0n) is 11.5. The zero-order valence-corrected chi connectivity index (χ0v) is 12.3. The minimum Gasteiger partial charge on any atom is -0.497 e. The van der Waals surface area contributed by atoms with Gasteiger partial charge in [0.25, 0.3) is 0 Å². The second kappa shape index (κ2) is 6.32. The third-order valence-corrected chi connectivity index (χ3v) is 3.81. The Bertz CT molecular complexity index is 444. The van der Waals surface area contributed by atoms with E-state index in [9.17, 15) is 0 Å². The van der Waals surface area contributed by atoms with Gasteiger partial charge >= 0.3 is 0 Å². The summed E-state index contributed by atoms with van der Waals surface area (Å²) in [6, 6.07) is 7.99. The molecule has 1 fully saturated rings. The maximum atomic E-state index is 5.96. The van der Waals surface area contributed by atoms with Crippen molar-refractivity contribution in [2.75, 3.05) is 40.3 Å². The molecule has 0 radical (unpaired) electrons. The molecule has 2 N–H and O–H groups in total. The van der Waals surface area contributed by atoms with E-state index in [1.165, 1.54) is 0 Å². The fourth-order valence-electron chi connectivity index (χ4n) is 2.45. The van der Waals surface area contributed by atoms with E-state index in [0.717, 1.165) is 37.5 Å². The standard InChI is InChI=1S/C14H21N3OS/c1-16-6-8-17(9-7-16)13(14(15)19)11-4-3-5-12(10-11)18-2/h3-5,10,13H,6-9H2,1-2H3,(H2,15,19). The molecule has 0 aliphatic carbocycles. The number of nitrogens with two attached hydrogens (primary N) is 1. The average molecular weight is 279 g/mol. The van der Waals surface area contributed by atoms with Gasteiger partial charge in [-0.1, -0.05) is 24.4 Å². The second-order valence-corrected chi connectivity index (χ2v) is 5.39. The van der Waals surface area contributed by atoms with E-state index >= 15 is 0 Å². The molecule has 1 atom stereocenters. The third kappa shape index (κ3) is 3.43. The molecule has 4 nitrogen and oxygen atoms in total. The van der Waals surface area contributed by atoms with Crippen LogP contribution in [0.2, 0.25) is 0 Å². The lowest BCUT2D eigenvalue weighted by molar-refractivity contribution is 0.137. The highest BCUT2D eigenvalue weighted by Gasteiger charge is 2.26. The first kappa shape index (κ1) is 14.2. The molecule has 19 heavy (non-hydrogen) atoms. The lowest BCUT2D eigenvalue weighted by atomic mass is 10.0. The molecule has 1 aromatic rings. The molecule has 1 saturated heterocycles. The summed E-state index contributed by atoms with van der Waals surface area (Å²) >= 11 is 5.27. The summed E-state index contributed by atoms with van der Waals surface area (Å²) in [6.07, 6.45) is 0. The van der Waals surface area contributed by atoms with Crippen LogP contribution < -0.4 is 10.5 Å². The van der Waals surface area contributed by atoms with Crippen molar-refractivity contribution in [2.24, 2.45) is 5.73 Å². The molecule has 1 aliphatic heterocycles. The highest BCUT2D eigenvalue weighted by atomic mass is 32.1. The van der Waals surface area contributed by atoms with Crippen molar-refractivity contribution in [2.45, 2.75) is 6.04 Å². The second-order valence-electron chi connectivity index (χ2n) is 4.92. The maximum absolute atomic E-state index is 5.96. The molecular formula is C14H21N3OS. The molecular weight excluding hydrogens is 258 g/mol. The first-order valence-corrected chi connectivity index (χ1v) is 6.88. The molecule has 0 bridgehead atoms. The molecule has 1 aromatic carbocycles. The number of piperazine rings is 1. The first-order valence-electron chi connectivity index (χ1n) is 6.47. The maximum Gasteiger partial charge on any atom is 0.119 e. The topological polar surface area (TPSA) is 41.7 Å². The van der Waals surface area contributed by atoms with Gasteiger partial charge < -0.3 is 15.4 Å². The lowest BCUT2D eigenvalue weighted by Gasteiger charge is -2.37. The predicted octanol–water partition coefficient (Wildman–Crippen LogP) is 1.27. The van der Waals surface area contributed by atoms with Gasteiger partial charge in [0, 0.05) is 26.2 Å². The van der Waals surface area contributed by atoms with Crippen LogP contribution in [0, 0.1) is 0 Å². The summed E-state index contributed by atoms with van der Waals surface area (Å²) in [4.78, 5) is 5.19. The first-order chi connectivity index (χ1) is 9.11. The van der Waals surface area contributed by atoms with Crippen LogP contribution in [0.15, 0.2) is 24.3 Å². The van der Waals surface area contributed by atoms with E-state index in [1.54, 1.807) is 7.11 Å². The van der Waals surface area contributed by atoms with E-state index in [2.05, 4.69) is 22.9 Å². The van der Waals surface area contributed by atoms with E-state index in [-0.39, 0.29) is 6.04 Å². The predicted molar refractivity (Wildman–Crippen MR) is 81.6 cm³/mol. The van der Waals surface area contributed by atoms with Crippen molar-refractivity contribution in [3.63, 3.8) is 0 Å². The molecule has 0 amide bonds. The normalized spacial score (nSPS) is 19.1. The molecule has 0 saturated carbocycles. The van der Waals surface area contributed by atoms with Crippen LogP contribution in [0.5, 0.6) is 5.75 Å². The Hall–Kier alpha value is -1.17. The van der Waals surface area contributed by atoms with Crippen LogP contribution in [-0.2, 0) is 0 Å². The van der Waals surface area contributed by atoms with Crippen molar-refractivity contribution < 1.29 is 4.74 Å². The Morgan fingerprint density at radius 3 is 2.58 bits per heavy atom. The summed E-state index contributed by atoms with van der Waals surface area (Å²) in [6.45, 7) is 4.05. The number of rotatable bonds is 4. The van der Waals surface area contributed by atoms with Gasteiger partial charge in [-0.3, -0.25) is 4.90 Å². The third-order valence-electron chi connectivity index (χ3n) is 3.58. The Morgan fingerprint density at radius 1 is 1.32 bits per heavy atom. The fraction of sp³-hybridized carbons (Fsp3) is 0.500. The van der Waals surface area contributed by atoms with E-state index < -0.39 is 0 Å². The largest absolute Gasteiger partial charge is 0.497 e. The number of ether oxygens (including phenoxy) is 1. The Morgan fingerprint density at radius 2 is 2.00 bits per heavy atom. The number of likely N-dealkylation sites (N-methyl/N-ethyl adjacent to an activating group) is 1. The summed E-state index contributed by atoms with van der Waals surface area (Å²) < 4.78 is 5.28. The van der Waals surface area contributed by atoms with Crippen LogP contribution >= 0.6 is 12.2 Å². The highest BCUT2D eigenvalue weighted by molar-refractivity contribution is 7.80. The number of hydrogen-bond acceptors (Lipinski definition) is 4. The van der Waals surface area contributed by atoms with Gasteiger partial charge in [0.2, 0.25) is 0 Å². The molecule has 0 aromatic heterocycles. The number of hydrogen-bond donors (Lipinski definition) is 1. The summed E-state index contributed by atoms with van der Waals surface area (Å²) in [5.41, 5.74) is 7.07. The van der Waals surface area contributed by atoms with Crippen molar-refractivity contribution in [1.82, 2.24) is 9.80 Å². The highest BCUT2D eigenvalue weighted by Crippen LogP contribution is 2.25. The molecule has 1 heterocycles. The Balaban J connectivity index is 2.22. The summed E-state index contributed by atoms with van der Waals surface area (Å²) in [7, 11) is 3.81. The average Bonchev–Trinajstić information content (AvgIpc) is 2.41. The summed E-state index contributed by atoms with van der Waals surface area (Å²) in [5, 5.41) is 0. The van der Waals surface area contributed by atoms with Gasteiger partial charge in [-0.05, 0) is 24.7 Å². The zero-order chi connectivity index (χ0) is 13.8. The minimum absolute atomic E-state index is 0.00111. The molecule has 1 unspecified atom stereocenters. The monoisotopic (exact) mass is 279 g/mol. The van der Waals surface area contributed by atoms with Crippen LogP contribution in [0.1, 0.15) is 11.6 Å².